The van der Waals surface area contributed by atoms with Gasteiger partial charge in [0.2, 0.25) is 0 Å². The Morgan fingerprint density at radius 2 is 1.53 bits per heavy atom. The van der Waals surface area contributed by atoms with Crippen molar-refractivity contribution in [2.75, 3.05) is 0 Å². The van der Waals surface area contributed by atoms with Gasteiger partial charge in [-0.15, -0.1) is 0 Å². The lowest BCUT2D eigenvalue weighted by atomic mass is 9.95. The van der Waals surface area contributed by atoms with Crippen LogP contribution >= 0.6 is 0 Å². The van der Waals surface area contributed by atoms with Gasteiger partial charge in [0, 0.05) is 11.1 Å². The van der Waals surface area contributed by atoms with Crippen molar-refractivity contribution in [3.05, 3.63) is 41.5 Å². The van der Waals surface area contributed by atoms with Crippen LogP contribution in [-0.2, 0) is 0 Å². The van der Waals surface area contributed by atoms with Crippen molar-refractivity contribution >= 4 is 0 Å². The number of phenolic OH excluding ortho intramolecular Hbond substituents is 3. The van der Waals surface area contributed by atoms with Crippen LogP contribution in [0.25, 0.3) is 11.1 Å². The monoisotopic (exact) mass is 230 g/mol. The van der Waals surface area contributed by atoms with Gasteiger partial charge in [0.25, 0.3) is 0 Å². The van der Waals surface area contributed by atoms with Crippen molar-refractivity contribution in [3.8, 4) is 28.4 Å². The Morgan fingerprint density at radius 3 is 2.18 bits per heavy atom. The Balaban J connectivity index is 2.80. The summed E-state index contributed by atoms with van der Waals surface area (Å²) in [5, 5.41) is 29.3. The molecule has 0 saturated heterocycles. The standard InChI is InChI=1S/C14H14O3/c1-8-7-12(16)14(17)13(9(8)2)10-5-3-4-6-11(10)15/h3-7,15-17H,1-2H3. The smallest absolute Gasteiger partial charge is 0.165 e. The third kappa shape index (κ3) is 1.80. The highest BCUT2D eigenvalue weighted by molar-refractivity contribution is 5.81. The van der Waals surface area contributed by atoms with E-state index >= 15 is 0 Å². The molecule has 0 aliphatic carbocycles. The van der Waals surface area contributed by atoms with Crippen molar-refractivity contribution in [2.24, 2.45) is 0 Å². The highest BCUT2D eigenvalue weighted by Gasteiger charge is 2.16. The molecule has 0 radical (unpaired) electrons. The second-order valence-corrected chi connectivity index (χ2v) is 4.08. The molecule has 0 atom stereocenters. The predicted molar refractivity (Wildman–Crippen MR) is 66.3 cm³/mol. The summed E-state index contributed by atoms with van der Waals surface area (Å²) in [5.41, 5.74) is 2.68. The SMILES string of the molecule is Cc1cc(O)c(O)c(-c2ccccc2O)c1C. The fraction of sp³-hybridized carbons (Fsp3) is 0.143. The zero-order chi connectivity index (χ0) is 12.6. The van der Waals surface area contributed by atoms with E-state index in [0.717, 1.165) is 11.1 Å². The van der Waals surface area contributed by atoms with Crippen LogP contribution in [0.5, 0.6) is 17.2 Å². The van der Waals surface area contributed by atoms with E-state index in [1.165, 1.54) is 6.07 Å². The minimum absolute atomic E-state index is 0.0795. The molecular formula is C14H14O3. The van der Waals surface area contributed by atoms with Crippen LogP contribution in [0.1, 0.15) is 11.1 Å². The fourth-order valence-corrected chi connectivity index (χ4v) is 1.90. The normalized spacial score (nSPS) is 10.5. The molecule has 3 N–H and O–H groups in total. The van der Waals surface area contributed by atoms with Crippen LogP contribution < -0.4 is 0 Å². The second kappa shape index (κ2) is 4.01. The number of phenols is 3. The molecule has 0 unspecified atom stereocenters. The molecule has 0 aromatic heterocycles. The Labute approximate surface area is 99.6 Å². The van der Waals surface area contributed by atoms with Crippen LogP contribution in [0.3, 0.4) is 0 Å². The number of hydrogen-bond acceptors (Lipinski definition) is 3. The third-order valence-corrected chi connectivity index (χ3v) is 2.97. The van der Waals surface area contributed by atoms with E-state index in [4.69, 9.17) is 0 Å². The first-order chi connectivity index (χ1) is 8.02. The third-order valence-electron chi connectivity index (χ3n) is 2.97. The molecule has 0 bridgehead atoms. The molecule has 0 fully saturated rings. The van der Waals surface area contributed by atoms with Gasteiger partial charge in [-0.25, -0.2) is 0 Å². The summed E-state index contributed by atoms with van der Waals surface area (Å²) in [4.78, 5) is 0. The average Bonchev–Trinajstić information content (AvgIpc) is 2.29. The van der Waals surface area contributed by atoms with Crippen LogP contribution in [0.2, 0.25) is 0 Å². The van der Waals surface area contributed by atoms with Crippen molar-refractivity contribution < 1.29 is 15.3 Å². The quantitative estimate of drug-likeness (QED) is 0.660. The number of benzene rings is 2. The van der Waals surface area contributed by atoms with E-state index in [0.29, 0.717) is 11.1 Å². The van der Waals surface area contributed by atoms with E-state index in [2.05, 4.69) is 0 Å². The van der Waals surface area contributed by atoms with Crippen molar-refractivity contribution in [1.29, 1.82) is 0 Å². The summed E-state index contributed by atoms with van der Waals surface area (Å²) in [6.07, 6.45) is 0. The van der Waals surface area contributed by atoms with E-state index in [-0.39, 0.29) is 17.2 Å². The molecule has 0 aliphatic heterocycles. The topological polar surface area (TPSA) is 60.7 Å². The van der Waals surface area contributed by atoms with Gasteiger partial charge in [0.15, 0.2) is 11.5 Å². The fourth-order valence-electron chi connectivity index (χ4n) is 1.90. The van der Waals surface area contributed by atoms with Gasteiger partial charge in [-0.1, -0.05) is 18.2 Å². The summed E-state index contributed by atoms with van der Waals surface area (Å²) < 4.78 is 0. The minimum atomic E-state index is -0.199. The summed E-state index contributed by atoms with van der Waals surface area (Å²) in [5.74, 6) is -0.295. The number of para-hydroxylation sites is 1. The second-order valence-electron chi connectivity index (χ2n) is 4.08. The largest absolute Gasteiger partial charge is 0.507 e. The molecule has 2 aromatic carbocycles. The molecule has 0 saturated carbocycles. The maximum Gasteiger partial charge on any atom is 0.165 e. The van der Waals surface area contributed by atoms with E-state index in [1.54, 1.807) is 24.3 Å². The van der Waals surface area contributed by atoms with Gasteiger partial charge in [-0.05, 0) is 37.1 Å². The molecule has 2 rings (SSSR count). The zero-order valence-corrected chi connectivity index (χ0v) is 9.73. The van der Waals surface area contributed by atoms with Crippen LogP contribution in [0.15, 0.2) is 30.3 Å². The molecule has 0 heterocycles. The zero-order valence-electron chi connectivity index (χ0n) is 9.73. The highest BCUT2D eigenvalue weighted by atomic mass is 16.3. The van der Waals surface area contributed by atoms with Crippen molar-refractivity contribution in [2.45, 2.75) is 13.8 Å². The number of aromatic hydroxyl groups is 3. The summed E-state index contributed by atoms with van der Waals surface area (Å²) >= 11 is 0. The molecule has 17 heavy (non-hydrogen) atoms. The van der Waals surface area contributed by atoms with Crippen molar-refractivity contribution in [3.63, 3.8) is 0 Å². The van der Waals surface area contributed by atoms with Gasteiger partial charge in [0.05, 0.1) is 0 Å². The van der Waals surface area contributed by atoms with Gasteiger partial charge in [-0.2, -0.15) is 0 Å². The summed E-state index contributed by atoms with van der Waals surface area (Å²) in [7, 11) is 0. The highest BCUT2D eigenvalue weighted by Crippen LogP contribution is 2.43. The van der Waals surface area contributed by atoms with Gasteiger partial charge in [-0.3, -0.25) is 0 Å². The lowest BCUT2D eigenvalue weighted by Crippen LogP contribution is -1.89. The molecule has 2 aromatic rings. The Hall–Kier alpha value is -2.16. The molecule has 0 spiro atoms. The van der Waals surface area contributed by atoms with E-state index in [1.807, 2.05) is 13.8 Å². The Morgan fingerprint density at radius 1 is 0.882 bits per heavy atom. The van der Waals surface area contributed by atoms with Crippen LogP contribution in [0, 0.1) is 13.8 Å². The first-order valence-corrected chi connectivity index (χ1v) is 5.33. The van der Waals surface area contributed by atoms with E-state index in [9.17, 15) is 15.3 Å². The first-order valence-electron chi connectivity index (χ1n) is 5.33. The van der Waals surface area contributed by atoms with Gasteiger partial charge < -0.3 is 15.3 Å². The molecule has 88 valence electrons. The number of aryl methyl sites for hydroxylation is 1. The average molecular weight is 230 g/mol. The summed E-state index contributed by atoms with van der Waals surface area (Å²) in [6, 6.07) is 8.24. The number of hydrogen-bond donors (Lipinski definition) is 3. The molecule has 3 nitrogen and oxygen atoms in total. The van der Waals surface area contributed by atoms with E-state index < -0.39 is 0 Å². The molecule has 0 amide bonds. The van der Waals surface area contributed by atoms with Crippen molar-refractivity contribution in [1.82, 2.24) is 0 Å². The first kappa shape index (κ1) is 11.3. The Bertz CT molecular complexity index is 548. The van der Waals surface area contributed by atoms with Crippen LogP contribution in [0.4, 0.5) is 0 Å². The Kier molecular flexibility index (Phi) is 2.68. The van der Waals surface area contributed by atoms with Gasteiger partial charge in [0.1, 0.15) is 5.75 Å². The summed E-state index contributed by atoms with van der Waals surface area (Å²) in [6.45, 7) is 3.69. The minimum Gasteiger partial charge on any atom is -0.507 e. The maximum atomic E-state index is 9.92. The predicted octanol–water partition coefficient (Wildman–Crippen LogP) is 3.09. The molecule has 0 aliphatic rings. The maximum absolute atomic E-state index is 9.92. The molecule has 3 heteroatoms. The number of rotatable bonds is 1. The van der Waals surface area contributed by atoms with Gasteiger partial charge >= 0.3 is 0 Å². The van der Waals surface area contributed by atoms with Crippen LogP contribution in [-0.4, -0.2) is 15.3 Å². The lowest BCUT2D eigenvalue weighted by molar-refractivity contribution is 0.404. The molecular weight excluding hydrogens is 216 g/mol. The lowest BCUT2D eigenvalue weighted by Gasteiger charge is -2.13.